The maximum atomic E-state index is 10.8. The molecule has 0 amide bonds. The maximum Gasteiger partial charge on any atom is 0.155 e. The summed E-state index contributed by atoms with van der Waals surface area (Å²) in [6.45, 7) is 3.76. The molecule has 0 aromatic carbocycles. The lowest BCUT2D eigenvalue weighted by Crippen LogP contribution is -1.89. The Morgan fingerprint density at radius 1 is 0.615 bits per heavy atom. The molecule has 0 fully saturated rings. The average molecular weight is 367 g/mol. The van der Waals surface area contributed by atoms with Crippen molar-refractivity contribution in [3.05, 3.63) is 11.8 Å². The van der Waals surface area contributed by atoms with Crippen LogP contribution in [0.3, 0.4) is 0 Å². The first-order valence-corrected chi connectivity index (χ1v) is 11.6. The molecule has 0 aromatic rings. The Morgan fingerprint density at radius 3 is 1.23 bits per heavy atom. The molecule has 0 saturated heterocycles. The zero-order valence-electron chi connectivity index (χ0n) is 17.9. The summed E-state index contributed by atoms with van der Waals surface area (Å²) in [5.74, 6) is 0.180. The summed E-state index contributed by atoms with van der Waals surface area (Å²) in [6, 6.07) is 0. The van der Waals surface area contributed by atoms with E-state index in [0.717, 1.165) is 12.8 Å². The monoisotopic (exact) mass is 366 g/mol. The van der Waals surface area contributed by atoms with Gasteiger partial charge in [0.15, 0.2) is 5.78 Å². The number of unbranched alkanes of at least 4 members (excludes halogenated alkanes) is 17. The normalized spacial score (nSPS) is 11.8. The lowest BCUT2D eigenvalue weighted by molar-refractivity contribution is -0.112. The summed E-state index contributed by atoms with van der Waals surface area (Å²) in [5, 5.41) is 9.49. The van der Waals surface area contributed by atoms with Crippen molar-refractivity contribution in [2.45, 2.75) is 136 Å². The van der Waals surface area contributed by atoms with Crippen molar-refractivity contribution in [3.63, 3.8) is 0 Å². The summed E-state index contributed by atoms with van der Waals surface area (Å²) in [7, 11) is 0. The van der Waals surface area contributed by atoms with Crippen LogP contribution in [-0.4, -0.2) is 10.9 Å². The fourth-order valence-corrected chi connectivity index (χ4v) is 3.51. The number of rotatable bonds is 20. The van der Waals surface area contributed by atoms with Crippen LogP contribution in [0.2, 0.25) is 0 Å². The Morgan fingerprint density at radius 2 is 0.923 bits per heavy atom. The van der Waals surface area contributed by atoms with E-state index in [1.54, 1.807) is 0 Å². The number of carbonyl (C=O) groups excluding carboxylic acids is 1. The Labute approximate surface area is 163 Å². The van der Waals surface area contributed by atoms with Crippen molar-refractivity contribution < 1.29 is 9.90 Å². The van der Waals surface area contributed by atoms with E-state index in [0.29, 0.717) is 6.42 Å². The molecule has 0 atom stereocenters. The van der Waals surface area contributed by atoms with Gasteiger partial charge >= 0.3 is 0 Å². The molecule has 154 valence electrons. The van der Waals surface area contributed by atoms with Gasteiger partial charge in [-0.1, -0.05) is 116 Å². The first-order chi connectivity index (χ1) is 12.7. The number of aliphatic hydroxyl groups excluding tert-OH is 1. The summed E-state index contributed by atoms with van der Waals surface area (Å²) >= 11 is 0. The molecule has 0 radical (unpaired) electrons. The molecule has 0 heterocycles. The molecule has 0 rings (SSSR count). The SMILES string of the molecule is CCCCCCCCCCCCCCCCCCCCC(O)=CC(C)=O. The van der Waals surface area contributed by atoms with Gasteiger partial charge in [0.2, 0.25) is 0 Å². The minimum absolute atomic E-state index is 0.0649. The highest BCUT2D eigenvalue weighted by Gasteiger charge is 1.97. The van der Waals surface area contributed by atoms with Gasteiger partial charge in [-0.05, 0) is 13.3 Å². The molecule has 0 aliphatic rings. The second-order valence-corrected chi connectivity index (χ2v) is 8.01. The van der Waals surface area contributed by atoms with Gasteiger partial charge in [0, 0.05) is 12.5 Å². The van der Waals surface area contributed by atoms with E-state index in [1.807, 2.05) is 0 Å². The predicted molar refractivity (Wildman–Crippen MR) is 115 cm³/mol. The van der Waals surface area contributed by atoms with Crippen LogP contribution in [0.5, 0.6) is 0 Å². The topological polar surface area (TPSA) is 37.3 Å². The zero-order valence-corrected chi connectivity index (χ0v) is 17.9. The highest BCUT2D eigenvalue weighted by Crippen LogP contribution is 2.15. The van der Waals surface area contributed by atoms with E-state index in [9.17, 15) is 9.90 Å². The van der Waals surface area contributed by atoms with E-state index in [2.05, 4.69) is 6.92 Å². The van der Waals surface area contributed by atoms with Crippen LogP contribution in [0.1, 0.15) is 136 Å². The highest BCUT2D eigenvalue weighted by molar-refractivity contribution is 5.87. The lowest BCUT2D eigenvalue weighted by atomic mass is 10.0. The van der Waals surface area contributed by atoms with Crippen molar-refractivity contribution in [1.29, 1.82) is 0 Å². The van der Waals surface area contributed by atoms with Gasteiger partial charge in [-0.15, -0.1) is 0 Å². The Hall–Kier alpha value is -0.790. The van der Waals surface area contributed by atoms with Crippen LogP contribution in [-0.2, 0) is 4.79 Å². The van der Waals surface area contributed by atoms with Gasteiger partial charge in [0.05, 0.1) is 5.76 Å². The van der Waals surface area contributed by atoms with Crippen LogP contribution < -0.4 is 0 Å². The summed E-state index contributed by atoms with van der Waals surface area (Å²) in [4.78, 5) is 10.8. The molecule has 0 aliphatic carbocycles. The molecule has 2 nitrogen and oxygen atoms in total. The number of ketones is 1. The number of hydrogen-bond acceptors (Lipinski definition) is 2. The first kappa shape index (κ1) is 25.2. The van der Waals surface area contributed by atoms with E-state index in [4.69, 9.17) is 0 Å². The minimum atomic E-state index is -0.0649. The minimum Gasteiger partial charge on any atom is -0.512 e. The number of aliphatic hydroxyl groups is 1. The molecule has 0 saturated carbocycles. The zero-order chi connectivity index (χ0) is 19.3. The molecule has 1 N–H and O–H groups in total. The molecular formula is C24H46O2. The molecule has 0 bridgehead atoms. The molecule has 0 aliphatic heterocycles. The predicted octanol–water partition coefficient (Wildman–Crippen LogP) is 8.45. The van der Waals surface area contributed by atoms with E-state index >= 15 is 0 Å². The third-order valence-corrected chi connectivity index (χ3v) is 5.16. The largest absolute Gasteiger partial charge is 0.512 e. The van der Waals surface area contributed by atoms with Crippen LogP contribution in [0.25, 0.3) is 0 Å². The number of carbonyl (C=O) groups is 1. The molecule has 0 spiro atoms. The summed E-state index contributed by atoms with van der Waals surface area (Å²) < 4.78 is 0. The fourth-order valence-electron chi connectivity index (χ4n) is 3.51. The van der Waals surface area contributed by atoms with Gasteiger partial charge in [-0.3, -0.25) is 4.79 Å². The van der Waals surface area contributed by atoms with Gasteiger partial charge < -0.3 is 5.11 Å². The molecule has 0 aromatic heterocycles. The van der Waals surface area contributed by atoms with Crippen LogP contribution in [0.15, 0.2) is 11.8 Å². The van der Waals surface area contributed by atoms with Crippen LogP contribution in [0, 0.1) is 0 Å². The summed E-state index contributed by atoms with van der Waals surface area (Å²) in [6.07, 6.45) is 26.6. The Kier molecular flexibility index (Phi) is 19.9. The van der Waals surface area contributed by atoms with Crippen LogP contribution in [0.4, 0.5) is 0 Å². The van der Waals surface area contributed by atoms with Crippen molar-refractivity contribution in [1.82, 2.24) is 0 Å². The fraction of sp³-hybridized carbons (Fsp3) is 0.875. The van der Waals surface area contributed by atoms with E-state index < -0.39 is 0 Å². The van der Waals surface area contributed by atoms with E-state index in [1.165, 1.54) is 116 Å². The lowest BCUT2D eigenvalue weighted by Gasteiger charge is -2.04. The van der Waals surface area contributed by atoms with Crippen LogP contribution >= 0.6 is 0 Å². The van der Waals surface area contributed by atoms with E-state index in [-0.39, 0.29) is 11.5 Å². The van der Waals surface area contributed by atoms with Crippen molar-refractivity contribution in [2.24, 2.45) is 0 Å². The standard InChI is InChI=1S/C24H46O2/c1-3-4-5-6-7-8-9-10-11-12-13-14-15-16-17-18-19-20-21-24(26)22-23(2)25/h22,26H,3-21H2,1-2H3. The average Bonchev–Trinajstić information content (AvgIpc) is 2.60. The van der Waals surface area contributed by atoms with Gasteiger partial charge in [-0.2, -0.15) is 0 Å². The Balaban J connectivity index is 3.10. The van der Waals surface area contributed by atoms with Crippen molar-refractivity contribution >= 4 is 5.78 Å². The third-order valence-electron chi connectivity index (χ3n) is 5.16. The molecular weight excluding hydrogens is 320 g/mol. The highest BCUT2D eigenvalue weighted by atomic mass is 16.3. The van der Waals surface area contributed by atoms with Crippen molar-refractivity contribution in [3.8, 4) is 0 Å². The second-order valence-electron chi connectivity index (χ2n) is 8.01. The maximum absolute atomic E-state index is 10.8. The number of hydrogen-bond donors (Lipinski definition) is 1. The quantitative estimate of drug-likeness (QED) is 0.133. The molecule has 26 heavy (non-hydrogen) atoms. The first-order valence-electron chi connectivity index (χ1n) is 11.6. The van der Waals surface area contributed by atoms with Crippen molar-refractivity contribution in [2.75, 3.05) is 0 Å². The van der Waals surface area contributed by atoms with Gasteiger partial charge in [0.1, 0.15) is 0 Å². The molecule has 0 unspecified atom stereocenters. The Bertz CT molecular complexity index is 333. The van der Waals surface area contributed by atoms with Gasteiger partial charge in [0.25, 0.3) is 0 Å². The smallest absolute Gasteiger partial charge is 0.155 e. The summed E-state index contributed by atoms with van der Waals surface area (Å²) in [5.41, 5.74) is 0. The second kappa shape index (κ2) is 20.5. The van der Waals surface area contributed by atoms with Gasteiger partial charge in [-0.25, -0.2) is 0 Å². The third kappa shape index (κ3) is 21.3. The number of allylic oxidation sites excluding steroid dienone is 2. The molecule has 2 heteroatoms.